The van der Waals surface area contributed by atoms with Crippen molar-refractivity contribution in [2.75, 3.05) is 5.32 Å². The quantitative estimate of drug-likeness (QED) is 0.910. The number of carbonyl (C=O) groups excluding carboxylic acids is 2. The maximum absolute atomic E-state index is 12.3. The molecule has 1 aromatic carbocycles. The molecule has 0 fully saturated rings. The lowest BCUT2D eigenvalue weighted by molar-refractivity contribution is 0.0242. The highest BCUT2D eigenvalue weighted by molar-refractivity contribution is 6.03. The molecule has 1 aromatic heterocycles. The van der Waals surface area contributed by atoms with Crippen molar-refractivity contribution in [2.45, 2.75) is 39.5 Å². The van der Waals surface area contributed by atoms with Gasteiger partial charge >= 0.3 is 6.09 Å². The normalized spacial score (nSPS) is 13.5. The van der Waals surface area contributed by atoms with E-state index in [1.807, 2.05) is 39.0 Å². The van der Waals surface area contributed by atoms with Crippen molar-refractivity contribution < 1.29 is 14.3 Å². The summed E-state index contributed by atoms with van der Waals surface area (Å²) in [5.74, 6) is -0.273. The standard InChI is InChI=1S/C18H22N4O3/c1-18(2,3)25-17(24)22-10-12-6-5-7-14(13(12)11-22)19-16(23)15-8-9-21(4)20-15/h5-9H,10-11H2,1-4H3,(H,19,23). The molecule has 0 saturated heterocycles. The second kappa shape index (κ2) is 6.23. The van der Waals surface area contributed by atoms with Crippen LogP contribution >= 0.6 is 0 Å². The number of benzene rings is 1. The first-order chi connectivity index (χ1) is 11.7. The van der Waals surface area contributed by atoms with Gasteiger partial charge in [-0.3, -0.25) is 14.4 Å². The molecule has 0 spiro atoms. The molecule has 132 valence electrons. The largest absolute Gasteiger partial charge is 0.444 e. The van der Waals surface area contributed by atoms with Gasteiger partial charge in [-0.25, -0.2) is 4.79 Å². The third kappa shape index (κ3) is 3.81. The van der Waals surface area contributed by atoms with Crippen LogP contribution in [0.1, 0.15) is 42.4 Å². The Morgan fingerprint density at radius 2 is 1.96 bits per heavy atom. The van der Waals surface area contributed by atoms with Crippen LogP contribution in [0.25, 0.3) is 0 Å². The maximum atomic E-state index is 12.3. The Balaban J connectivity index is 1.75. The van der Waals surface area contributed by atoms with Crippen LogP contribution in [-0.2, 0) is 24.9 Å². The molecule has 1 N–H and O–H groups in total. The fourth-order valence-electron chi connectivity index (χ4n) is 2.72. The predicted octanol–water partition coefficient (Wildman–Crippen LogP) is 2.92. The van der Waals surface area contributed by atoms with E-state index >= 15 is 0 Å². The topological polar surface area (TPSA) is 76.5 Å². The summed E-state index contributed by atoms with van der Waals surface area (Å²) in [5, 5.41) is 6.99. The second-order valence-electron chi connectivity index (χ2n) is 7.11. The molecule has 0 unspecified atom stereocenters. The first kappa shape index (κ1) is 17.0. The van der Waals surface area contributed by atoms with Crippen LogP contribution in [0, 0.1) is 0 Å². The summed E-state index contributed by atoms with van der Waals surface area (Å²) in [4.78, 5) is 26.3. The van der Waals surface area contributed by atoms with Crippen molar-refractivity contribution in [3.05, 3.63) is 47.3 Å². The minimum Gasteiger partial charge on any atom is -0.444 e. The first-order valence-electron chi connectivity index (χ1n) is 8.12. The number of nitrogens with one attached hydrogen (secondary N) is 1. The third-order valence-electron chi connectivity index (χ3n) is 3.83. The molecule has 1 aliphatic rings. The van der Waals surface area contributed by atoms with Gasteiger partial charge in [-0.1, -0.05) is 12.1 Å². The Morgan fingerprint density at radius 1 is 1.20 bits per heavy atom. The van der Waals surface area contributed by atoms with E-state index in [-0.39, 0.29) is 12.0 Å². The minimum atomic E-state index is -0.540. The van der Waals surface area contributed by atoms with E-state index in [1.54, 1.807) is 28.9 Å². The summed E-state index contributed by atoms with van der Waals surface area (Å²) in [6, 6.07) is 7.31. The van der Waals surface area contributed by atoms with E-state index < -0.39 is 5.60 Å². The number of amides is 2. The summed E-state index contributed by atoms with van der Waals surface area (Å²) in [6.07, 6.45) is 1.36. The first-order valence-corrected chi connectivity index (χ1v) is 8.12. The molecule has 7 heteroatoms. The van der Waals surface area contributed by atoms with Crippen molar-refractivity contribution in [1.29, 1.82) is 0 Å². The molecule has 3 rings (SSSR count). The second-order valence-corrected chi connectivity index (χ2v) is 7.11. The molecular weight excluding hydrogens is 320 g/mol. The number of carbonyl (C=O) groups is 2. The Hall–Kier alpha value is -2.83. The molecule has 2 aromatic rings. The van der Waals surface area contributed by atoms with Crippen LogP contribution in [0.15, 0.2) is 30.5 Å². The van der Waals surface area contributed by atoms with E-state index in [2.05, 4.69) is 10.4 Å². The lowest BCUT2D eigenvalue weighted by Crippen LogP contribution is -2.33. The Kier molecular flexibility index (Phi) is 4.24. The Bertz CT molecular complexity index is 820. The molecule has 2 heterocycles. The van der Waals surface area contributed by atoms with E-state index in [9.17, 15) is 9.59 Å². The summed E-state index contributed by atoms with van der Waals surface area (Å²) in [6.45, 7) is 6.40. The number of hydrogen-bond donors (Lipinski definition) is 1. The van der Waals surface area contributed by atoms with Crippen molar-refractivity contribution >= 4 is 17.7 Å². The Morgan fingerprint density at radius 3 is 2.60 bits per heavy atom. The van der Waals surface area contributed by atoms with Crippen molar-refractivity contribution in [3.8, 4) is 0 Å². The molecule has 0 aliphatic carbocycles. The lowest BCUT2D eigenvalue weighted by Gasteiger charge is -2.24. The van der Waals surface area contributed by atoms with Crippen LogP contribution in [0.3, 0.4) is 0 Å². The zero-order valence-corrected chi connectivity index (χ0v) is 14.9. The summed E-state index contributed by atoms with van der Waals surface area (Å²) >= 11 is 0. The van der Waals surface area contributed by atoms with Gasteiger partial charge in [-0.2, -0.15) is 5.10 Å². The summed E-state index contributed by atoms with van der Waals surface area (Å²) in [5.41, 5.74) is 2.44. The van der Waals surface area contributed by atoms with Gasteiger partial charge < -0.3 is 10.1 Å². The lowest BCUT2D eigenvalue weighted by atomic mass is 10.1. The van der Waals surface area contributed by atoms with Gasteiger partial charge in [-0.15, -0.1) is 0 Å². The molecule has 0 radical (unpaired) electrons. The highest BCUT2D eigenvalue weighted by Crippen LogP contribution is 2.30. The van der Waals surface area contributed by atoms with Crippen LogP contribution in [0.2, 0.25) is 0 Å². The van der Waals surface area contributed by atoms with Crippen LogP contribution in [-0.4, -0.2) is 32.3 Å². The van der Waals surface area contributed by atoms with E-state index in [0.717, 1.165) is 11.1 Å². The van der Waals surface area contributed by atoms with Gasteiger partial charge in [0.25, 0.3) is 5.91 Å². The van der Waals surface area contributed by atoms with Crippen LogP contribution in [0.4, 0.5) is 10.5 Å². The number of nitrogens with zero attached hydrogens (tertiary/aromatic N) is 3. The average Bonchev–Trinajstić information content (AvgIpc) is 3.12. The molecule has 0 atom stereocenters. The highest BCUT2D eigenvalue weighted by atomic mass is 16.6. The zero-order chi connectivity index (χ0) is 18.2. The van der Waals surface area contributed by atoms with Gasteiger partial charge in [-0.05, 0) is 38.5 Å². The van der Waals surface area contributed by atoms with E-state index in [1.165, 1.54) is 0 Å². The SMILES string of the molecule is Cn1ccc(C(=O)Nc2cccc3c2CN(C(=O)OC(C)(C)C)C3)n1. The number of aromatic nitrogens is 2. The summed E-state index contributed by atoms with van der Waals surface area (Å²) in [7, 11) is 1.76. The van der Waals surface area contributed by atoms with E-state index in [4.69, 9.17) is 4.74 Å². The van der Waals surface area contributed by atoms with E-state index in [0.29, 0.717) is 24.5 Å². The minimum absolute atomic E-state index is 0.273. The fraction of sp³-hybridized carbons (Fsp3) is 0.389. The highest BCUT2D eigenvalue weighted by Gasteiger charge is 2.29. The zero-order valence-electron chi connectivity index (χ0n) is 14.9. The number of rotatable bonds is 2. The van der Waals surface area contributed by atoms with Crippen molar-refractivity contribution in [2.24, 2.45) is 7.05 Å². The van der Waals surface area contributed by atoms with Gasteiger partial charge in [0.05, 0.1) is 6.54 Å². The maximum Gasteiger partial charge on any atom is 0.410 e. The number of ether oxygens (including phenoxy) is 1. The van der Waals surface area contributed by atoms with Gasteiger partial charge in [0.2, 0.25) is 0 Å². The Labute approximate surface area is 146 Å². The van der Waals surface area contributed by atoms with Gasteiger partial charge in [0.15, 0.2) is 5.69 Å². The predicted molar refractivity (Wildman–Crippen MR) is 93.1 cm³/mol. The average molecular weight is 342 g/mol. The molecule has 1 aliphatic heterocycles. The number of fused-ring (bicyclic) bond motifs is 1. The molecule has 2 amide bonds. The van der Waals surface area contributed by atoms with Crippen molar-refractivity contribution in [1.82, 2.24) is 14.7 Å². The number of aryl methyl sites for hydroxylation is 1. The van der Waals surface area contributed by atoms with Crippen molar-refractivity contribution in [3.63, 3.8) is 0 Å². The number of hydrogen-bond acceptors (Lipinski definition) is 4. The number of anilines is 1. The smallest absolute Gasteiger partial charge is 0.410 e. The molecule has 0 bridgehead atoms. The van der Waals surface area contributed by atoms with Gasteiger partial charge in [0, 0.05) is 31.0 Å². The molecule has 25 heavy (non-hydrogen) atoms. The van der Waals surface area contributed by atoms with Crippen LogP contribution < -0.4 is 5.32 Å². The molecule has 0 saturated carbocycles. The monoisotopic (exact) mass is 342 g/mol. The molecular formula is C18H22N4O3. The third-order valence-corrected chi connectivity index (χ3v) is 3.83. The summed E-state index contributed by atoms with van der Waals surface area (Å²) < 4.78 is 7.01. The van der Waals surface area contributed by atoms with Gasteiger partial charge in [0.1, 0.15) is 5.60 Å². The molecule has 7 nitrogen and oxygen atoms in total. The van der Waals surface area contributed by atoms with Crippen LogP contribution in [0.5, 0.6) is 0 Å². The fourth-order valence-corrected chi connectivity index (χ4v) is 2.72.